The van der Waals surface area contributed by atoms with Crippen molar-refractivity contribution < 1.29 is 0 Å². The van der Waals surface area contributed by atoms with Gasteiger partial charge in [0.15, 0.2) is 10.6 Å². The van der Waals surface area contributed by atoms with Crippen LogP contribution in [0.1, 0.15) is 12.6 Å². The molecule has 0 unspecified atom stereocenters. The van der Waals surface area contributed by atoms with Crippen molar-refractivity contribution >= 4 is 12.2 Å². The van der Waals surface area contributed by atoms with E-state index < -0.39 is 0 Å². The zero-order chi connectivity index (χ0) is 12.6. The van der Waals surface area contributed by atoms with Gasteiger partial charge in [0.1, 0.15) is 0 Å². The van der Waals surface area contributed by atoms with Crippen molar-refractivity contribution in [3.05, 3.63) is 33.0 Å². The molecule has 5 nitrogen and oxygen atoms in total. The Kier molecular flexibility index (Phi) is 2.97. The van der Waals surface area contributed by atoms with Crippen molar-refractivity contribution in [3.63, 3.8) is 0 Å². The van der Waals surface area contributed by atoms with Crippen LogP contribution in [0.15, 0.2) is 16.9 Å². The van der Waals surface area contributed by atoms with E-state index in [-0.39, 0.29) is 5.56 Å². The lowest BCUT2D eigenvalue weighted by Gasteiger charge is -2.08. The van der Waals surface area contributed by atoms with Gasteiger partial charge < -0.3 is 9.13 Å². The van der Waals surface area contributed by atoms with Crippen LogP contribution in [0, 0.1) is 11.7 Å². The molecule has 17 heavy (non-hydrogen) atoms. The molecule has 0 aliphatic carbocycles. The average Bonchev–Trinajstić information content (AvgIpc) is 2.61. The summed E-state index contributed by atoms with van der Waals surface area (Å²) in [5, 5.41) is 6.77. The summed E-state index contributed by atoms with van der Waals surface area (Å²) in [6.07, 6.45) is 0. The summed E-state index contributed by atoms with van der Waals surface area (Å²) in [6.45, 7) is 4.51. The standard InChI is InChI=1S/C11H14N4OS/c1-4-15-7(2)5-6-8(10(15)16)9-12-13-11(17)14(9)3/h5-6H,4H2,1-3H3,(H,13,17). The zero-order valence-corrected chi connectivity index (χ0v) is 10.8. The summed E-state index contributed by atoms with van der Waals surface area (Å²) in [5.74, 6) is 0.571. The van der Waals surface area contributed by atoms with Gasteiger partial charge in [-0.05, 0) is 38.2 Å². The Morgan fingerprint density at radius 3 is 2.71 bits per heavy atom. The number of hydrogen-bond donors (Lipinski definition) is 1. The molecule has 90 valence electrons. The molecular weight excluding hydrogens is 236 g/mol. The van der Waals surface area contributed by atoms with Gasteiger partial charge in [-0.25, -0.2) is 0 Å². The van der Waals surface area contributed by atoms with E-state index in [1.807, 2.05) is 19.9 Å². The highest BCUT2D eigenvalue weighted by Crippen LogP contribution is 2.12. The maximum atomic E-state index is 12.2. The molecule has 0 fully saturated rings. The van der Waals surface area contributed by atoms with Crippen molar-refractivity contribution in [2.75, 3.05) is 0 Å². The first-order valence-electron chi connectivity index (χ1n) is 5.38. The van der Waals surface area contributed by atoms with E-state index in [9.17, 15) is 4.79 Å². The fraction of sp³-hybridized carbons (Fsp3) is 0.364. The second kappa shape index (κ2) is 4.29. The molecule has 0 aliphatic rings. The molecule has 0 bridgehead atoms. The van der Waals surface area contributed by atoms with Gasteiger partial charge >= 0.3 is 0 Å². The van der Waals surface area contributed by atoms with Crippen LogP contribution in [0.25, 0.3) is 11.4 Å². The summed E-state index contributed by atoms with van der Waals surface area (Å²) in [4.78, 5) is 12.2. The fourth-order valence-electron chi connectivity index (χ4n) is 1.82. The normalized spacial score (nSPS) is 10.8. The minimum atomic E-state index is -0.0374. The molecule has 0 saturated carbocycles. The number of rotatable bonds is 2. The maximum absolute atomic E-state index is 12.2. The maximum Gasteiger partial charge on any atom is 0.261 e. The van der Waals surface area contributed by atoms with Gasteiger partial charge in [-0.2, -0.15) is 5.10 Å². The highest BCUT2D eigenvalue weighted by Gasteiger charge is 2.12. The SMILES string of the molecule is CCn1c(C)ccc(-c2n[nH]c(=S)n2C)c1=O. The highest BCUT2D eigenvalue weighted by molar-refractivity contribution is 7.71. The first kappa shape index (κ1) is 11.8. The molecule has 0 aromatic carbocycles. The van der Waals surface area contributed by atoms with Crippen molar-refractivity contribution in [1.29, 1.82) is 0 Å². The van der Waals surface area contributed by atoms with Crippen molar-refractivity contribution in [2.24, 2.45) is 7.05 Å². The predicted molar refractivity (Wildman–Crippen MR) is 68.5 cm³/mol. The van der Waals surface area contributed by atoms with Crippen LogP contribution in [0.2, 0.25) is 0 Å². The van der Waals surface area contributed by atoms with Crippen LogP contribution >= 0.6 is 12.2 Å². The van der Waals surface area contributed by atoms with E-state index in [1.165, 1.54) is 0 Å². The van der Waals surface area contributed by atoms with Crippen LogP contribution in [0.5, 0.6) is 0 Å². The number of nitrogens with zero attached hydrogens (tertiary/aromatic N) is 3. The summed E-state index contributed by atoms with van der Waals surface area (Å²) in [7, 11) is 1.79. The minimum absolute atomic E-state index is 0.0374. The minimum Gasteiger partial charge on any atom is -0.313 e. The molecule has 0 radical (unpaired) electrons. The molecule has 2 aromatic rings. The fourth-order valence-corrected chi connectivity index (χ4v) is 1.95. The Labute approximate surface area is 104 Å². The molecule has 0 atom stereocenters. The lowest BCUT2D eigenvalue weighted by molar-refractivity contribution is 0.700. The Morgan fingerprint density at radius 1 is 1.47 bits per heavy atom. The van der Waals surface area contributed by atoms with Gasteiger partial charge in [0.2, 0.25) is 0 Å². The molecule has 0 spiro atoms. The third-order valence-electron chi connectivity index (χ3n) is 2.83. The summed E-state index contributed by atoms with van der Waals surface area (Å²) in [6, 6.07) is 3.70. The Hall–Kier alpha value is -1.69. The molecule has 2 rings (SSSR count). The number of pyridine rings is 1. The molecule has 1 N–H and O–H groups in total. The first-order chi connectivity index (χ1) is 8.06. The number of nitrogens with one attached hydrogen (secondary N) is 1. The first-order valence-corrected chi connectivity index (χ1v) is 5.79. The molecule has 0 aliphatic heterocycles. The van der Waals surface area contributed by atoms with Crippen LogP contribution < -0.4 is 5.56 Å². The predicted octanol–water partition coefficient (Wildman–Crippen LogP) is 1.63. The van der Waals surface area contributed by atoms with E-state index in [1.54, 1.807) is 22.2 Å². The van der Waals surface area contributed by atoms with Crippen molar-refractivity contribution in [1.82, 2.24) is 19.3 Å². The number of aromatic nitrogens is 4. The number of H-pyrrole nitrogens is 1. The summed E-state index contributed by atoms with van der Waals surface area (Å²) in [5.41, 5.74) is 1.47. The molecule has 0 amide bonds. The van der Waals surface area contributed by atoms with Crippen molar-refractivity contribution in [3.8, 4) is 11.4 Å². The lowest BCUT2D eigenvalue weighted by Crippen LogP contribution is -2.23. The quantitative estimate of drug-likeness (QED) is 0.824. The molecule has 2 aromatic heterocycles. The van der Waals surface area contributed by atoms with E-state index in [4.69, 9.17) is 12.2 Å². The van der Waals surface area contributed by atoms with E-state index in [0.29, 0.717) is 22.7 Å². The average molecular weight is 250 g/mol. The van der Waals surface area contributed by atoms with Gasteiger partial charge in [-0.3, -0.25) is 9.89 Å². The van der Waals surface area contributed by atoms with Gasteiger partial charge in [-0.15, -0.1) is 0 Å². The Balaban J connectivity index is 2.74. The van der Waals surface area contributed by atoms with Gasteiger partial charge in [0, 0.05) is 19.3 Å². The van der Waals surface area contributed by atoms with Crippen LogP contribution in [0.4, 0.5) is 0 Å². The van der Waals surface area contributed by atoms with E-state index in [2.05, 4.69) is 10.2 Å². The highest BCUT2D eigenvalue weighted by atomic mass is 32.1. The zero-order valence-electron chi connectivity index (χ0n) is 10.0. The van der Waals surface area contributed by atoms with Crippen LogP contribution in [0.3, 0.4) is 0 Å². The molecule has 6 heteroatoms. The third-order valence-corrected chi connectivity index (χ3v) is 3.19. The van der Waals surface area contributed by atoms with Gasteiger partial charge in [-0.1, -0.05) is 0 Å². The second-order valence-electron chi connectivity index (χ2n) is 3.85. The monoisotopic (exact) mass is 250 g/mol. The number of hydrogen-bond acceptors (Lipinski definition) is 3. The Bertz CT molecular complexity index is 665. The molecular formula is C11H14N4OS. The van der Waals surface area contributed by atoms with Crippen molar-refractivity contribution in [2.45, 2.75) is 20.4 Å². The largest absolute Gasteiger partial charge is 0.313 e. The second-order valence-corrected chi connectivity index (χ2v) is 4.24. The van der Waals surface area contributed by atoms with E-state index >= 15 is 0 Å². The summed E-state index contributed by atoms with van der Waals surface area (Å²) < 4.78 is 3.91. The summed E-state index contributed by atoms with van der Waals surface area (Å²) >= 11 is 5.04. The number of aryl methyl sites for hydroxylation is 1. The van der Waals surface area contributed by atoms with E-state index in [0.717, 1.165) is 5.69 Å². The van der Waals surface area contributed by atoms with Gasteiger partial charge in [0.25, 0.3) is 5.56 Å². The van der Waals surface area contributed by atoms with Gasteiger partial charge in [0.05, 0.1) is 5.56 Å². The third kappa shape index (κ3) is 1.84. The van der Waals surface area contributed by atoms with Crippen LogP contribution in [-0.2, 0) is 13.6 Å². The lowest BCUT2D eigenvalue weighted by atomic mass is 10.2. The smallest absolute Gasteiger partial charge is 0.261 e. The van der Waals surface area contributed by atoms with Crippen LogP contribution in [-0.4, -0.2) is 19.3 Å². The molecule has 0 saturated heterocycles. The topological polar surface area (TPSA) is 55.6 Å². The molecule has 2 heterocycles. The Morgan fingerprint density at radius 2 is 2.18 bits per heavy atom. The number of aromatic amines is 1.